The second-order valence-corrected chi connectivity index (χ2v) is 7.95. The average Bonchev–Trinajstić information content (AvgIpc) is 3.08. The number of hydrogen-bond donors (Lipinski definition) is 2. The van der Waals surface area contributed by atoms with Gasteiger partial charge in [0.2, 0.25) is 0 Å². The summed E-state index contributed by atoms with van der Waals surface area (Å²) < 4.78 is 4.90. The molecule has 1 aromatic carbocycles. The Morgan fingerprint density at radius 1 is 1.15 bits per heavy atom. The molecule has 3 atom stereocenters. The van der Waals surface area contributed by atoms with Gasteiger partial charge in [-0.2, -0.15) is 0 Å². The zero-order chi connectivity index (χ0) is 18.3. The first-order chi connectivity index (χ1) is 12.5. The van der Waals surface area contributed by atoms with E-state index in [1.54, 1.807) is 4.90 Å². The number of rotatable bonds is 5. The van der Waals surface area contributed by atoms with Crippen molar-refractivity contribution in [2.75, 3.05) is 19.7 Å². The Labute approximate surface area is 153 Å². The van der Waals surface area contributed by atoms with Gasteiger partial charge in [0.15, 0.2) is 5.60 Å². The van der Waals surface area contributed by atoms with Crippen LogP contribution in [-0.4, -0.2) is 41.7 Å². The largest absolute Gasteiger partial charge is 0.449 e. The molecule has 1 saturated heterocycles. The van der Waals surface area contributed by atoms with Gasteiger partial charge in [-0.05, 0) is 30.2 Å². The lowest BCUT2D eigenvalue weighted by molar-refractivity contribution is -0.159. The van der Waals surface area contributed by atoms with Gasteiger partial charge in [-0.1, -0.05) is 43.2 Å². The van der Waals surface area contributed by atoms with Crippen LogP contribution in [0.2, 0.25) is 0 Å². The first-order valence-corrected chi connectivity index (χ1v) is 9.51. The summed E-state index contributed by atoms with van der Waals surface area (Å²) in [5, 5.41) is 11.6. The van der Waals surface area contributed by atoms with E-state index in [1.165, 1.54) is 0 Å². The number of nitrogens with zero attached hydrogens (tertiary/aromatic N) is 1. The summed E-state index contributed by atoms with van der Waals surface area (Å²) in [5.41, 5.74) is 4.29. The third kappa shape index (κ3) is 2.86. The van der Waals surface area contributed by atoms with E-state index >= 15 is 0 Å². The lowest BCUT2D eigenvalue weighted by Crippen LogP contribution is -2.51. The quantitative estimate of drug-likeness (QED) is 0.840. The molecule has 140 valence electrons. The fourth-order valence-electron chi connectivity index (χ4n) is 5.05. The van der Waals surface area contributed by atoms with Crippen molar-refractivity contribution < 1.29 is 19.4 Å². The molecule has 2 aliphatic carbocycles. The molecule has 2 amide bonds. The Balaban J connectivity index is 1.48. The number of piperidine rings is 1. The van der Waals surface area contributed by atoms with Crippen molar-refractivity contribution in [2.45, 2.75) is 31.3 Å². The lowest BCUT2D eigenvalue weighted by atomic mass is 9.79. The van der Waals surface area contributed by atoms with Gasteiger partial charge in [-0.15, -0.1) is 0 Å². The molecule has 0 radical (unpaired) electrons. The van der Waals surface area contributed by atoms with Crippen molar-refractivity contribution in [3.05, 3.63) is 35.9 Å². The molecule has 6 nitrogen and oxygen atoms in total. The third-order valence-electron chi connectivity index (χ3n) is 6.56. The minimum absolute atomic E-state index is 0.0247. The predicted octanol–water partition coefficient (Wildman–Crippen LogP) is 1.86. The number of carbonyl (C=O) groups is 2. The number of hydrogen-bond acceptors (Lipinski definition) is 4. The van der Waals surface area contributed by atoms with Crippen molar-refractivity contribution in [3.8, 4) is 0 Å². The second kappa shape index (κ2) is 6.58. The minimum Gasteiger partial charge on any atom is -0.449 e. The second-order valence-electron chi connectivity index (χ2n) is 7.95. The highest BCUT2D eigenvalue weighted by Gasteiger charge is 2.59. The van der Waals surface area contributed by atoms with Gasteiger partial charge < -0.3 is 20.5 Å². The van der Waals surface area contributed by atoms with E-state index in [0.29, 0.717) is 43.0 Å². The Morgan fingerprint density at radius 3 is 2.35 bits per heavy atom. The predicted molar refractivity (Wildman–Crippen MR) is 94.9 cm³/mol. The van der Waals surface area contributed by atoms with Crippen LogP contribution in [-0.2, 0) is 15.1 Å². The maximum absolute atomic E-state index is 13.4. The summed E-state index contributed by atoms with van der Waals surface area (Å²) in [6.45, 7) is 1.58. The zero-order valence-corrected chi connectivity index (χ0v) is 14.8. The highest BCUT2D eigenvalue weighted by atomic mass is 16.5. The average molecular weight is 358 g/mol. The molecule has 26 heavy (non-hydrogen) atoms. The molecule has 1 aliphatic heterocycles. The van der Waals surface area contributed by atoms with Crippen LogP contribution in [0.25, 0.3) is 0 Å². The molecule has 3 unspecified atom stereocenters. The van der Waals surface area contributed by atoms with Gasteiger partial charge in [-0.3, -0.25) is 4.79 Å². The van der Waals surface area contributed by atoms with Crippen molar-refractivity contribution in [3.63, 3.8) is 0 Å². The van der Waals surface area contributed by atoms with E-state index in [-0.39, 0.29) is 11.8 Å². The van der Waals surface area contributed by atoms with E-state index in [2.05, 4.69) is 0 Å². The molecule has 0 aromatic heterocycles. The smallest absolute Gasteiger partial charge is 0.404 e. The van der Waals surface area contributed by atoms with E-state index < -0.39 is 11.7 Å². The summed E-state index contributed by atoms with van der Waals surface area (Å²) in [4.78, 5) is 25.9. The minimum atomic E-state index is -1.44. The van der Waals surface area contributed by atoms with Crippen LogP contribution >= 0.6 is 0 Å². The molecule has 0 bridgehead atoms. The number of benzene rings is 1. The Morgan fingerprint density at radius 2 is 1.77 bits per heavy atom. The van der Waals surface area contributed by atoms with E-state index in [1.807, 2.05) is 30.3 Å². The van der Waals surface area contributed by atoms with Gasteiger partial charge in [0.1, 0.15) is 0 Å². The third-order valence-corrected chi connectivity index (χ3v) is 6.56. The molecule has 1 aromatic rings. The normalized spacial score (nSPS) is 29.9. The van der Waals surface area contributed by atoms with Gasteiger partial charge in [0.25, 0.3) is 5.91 Å². The van der Waals surface area contributed by atoms with Crippen LogP contribution in [0.1, 0.15) is 31.2 Å². The summed E-state index contributed by atoms with van der Waals surface area (Å²) in [5.74, 6) is 0.798. The molecule has 1 heterocycles. The van der Waals surface area contributed by atoms with Crippen LogP contribution in [0, 0.1) is 23.7 Å². The number of primary amides is 1. The molecule has 0 spiro atoms. The standard InChI is InChI=1S/C20H26N2O4/c21-19(24)26-12-17-15-10-22(11-16(15)17)18(23)20(25,14-8-4-5-9-14)13-6-2-1-3-7-13/h1-3,6-7,14-17,25H,4-5,8-12H2,(H2,21,24). The molecular formula is C20H26N2O4. The van der Waals surface area contributed by atoms with Crippen molar-refractivity contribution in [1.29, 1.82) is 0 Å². The van der Waals surface area contributed by atoms with Crippen LogP contribution < -0.4 is 5.73 Å². The Hall–Kier alpha value is -2.08. The summed E-state index contributed by atoms with van der Waals surface area (Å²) in [7, 11) is 0. The highest BCUT2D eigenvalue weighted by molar-refractivity contribution is 5.87. The molecule has 6 heteroatoms. The first kappa shape index (κ1) is 17.3. The molecule has 4 rings (SSSR count). The Bertz CT molecular complexity index is 676. The molecular weight excluding hydrogens is 332 g/mol. The number of nitrogens with two attached hydrogens (primary N) is 1. The van der Waals surface area contributed by atoms with Gasteiger partial charge in [0, 0.05) is 24.9 Å². The van der Waals surface area contributed by atoms with E-state index in [9.17, 15) is 14.7 Å². The number of carbonyl (C=O) groups excluding carboxylic acids is 2. The maximum Gasteiger partial charge on any atom is 0.404 e. The van der Waals surface area contributed by atoms with Gasteiger partial charge in [-0.25, -0.2) is 4.79 Å². The fourth-order valence-corrected chi connectivity index (χ4v) is 5.05. The van der Waals surface area contributed by atoms with Crippen LogP contribution in [0.5, 0.6) is 0 Å². The topological polar surface area (TPSA) is 92.9 Å². The van der Waals surface area contributed by atoms with Crippen LogP contribution in [0.3, 0.4) is 0 Å². The molecule has 3 fully saturated rings. The van der Waals surface area contributed by atoms with Crippen molar-refractivity contribution in [1.82, 2.24) is 4.90 Å². The summed E-state index contributed by atoms with van der Waals surface area (Å²) >= 11 is 0. The SMILES string of the molecule is NC(=O)OCC1C2CN(C(=O)C(O)(c3ccccc3)C3CCCC3)CC12. The zero-order valence-electron chi connectivity index (χ0n) is 14.8. The Kier molecular flexibility index (Phi) is 4.39. The first-order valence-electron chi connectivity index (χ1n) is 9.51. The molecule has 2 saturated carbocycles. The molecule has 3 N–H and O–H groups in total. The number of ether oxygens (including phenoxy) is 1. The van der Waals surface area contributed by atoms with Gasteiger partial charge >= 0.3 is 6.09 Å². The highest BCUT2D eigenvalue weighted by Crippen LogP contribution is 2.53. The van der Waals surface area contributed by atoms with Gasteiger partial charge in [0.05, 0.1) is 6.61 Å². The lowest BCUT2D eigenvalue weighted by Gasteiger charge is -2.37. The number of fused-ring (bicyclic) bond motifs is 1. The van der Waals surface area contributed by atoms with Crippen molar-refractivity contribution in [2.24, 2.45) is 29.4 Å². The van der Waals surface area contributed by atoms with E-state index in [4.69, 9.17) is 10.5 Å². The van der Waals surface area contributed by atoms with E-state index in [0.717, 1.165) is 25.7 Å². The molecule has 3 aliphatic rings. The van der Waals surface area contributed by atoms with Crippen LogP contribution in [0.15, 0.2) is 30.3 Å². The monoisotopic (exact) mass is 358 g/mol. The number of likely N-dealkylation sites (tertiary alicyclic amines) is 1. The summed E-state index contributed by atoms with van der Waals surface area (Å²) in [6.07, 6.45) is 3.14. The van der Waals surface area contributed by atoms with Crippen LogP contribution in [0.4, 0.5) is 4.79 Å². The number of amides is 2. The number of aliphatic hydroxyl groups is 1. The fraction of sp³-hybridized carbons (Fsp3) is 0.600. The maximum atomic E-state index is 13.4. The summed E-state index contributed by atoms with van der Waals surface area (Å²) in [6, 6.07) is 9.37. The van der Waals surface area contributed by atoms with Crippen molar-refractivity contribution >= 4 is 12.0 Å².